The highest BCUT2D eigenvalue weighted by molar-refractivity contribution is 7.15. The summed E-state index contributed by atoms with van der Waals surface area (Å²) >= 11 is 1.60. The van der Waals surface area contributed by atoms with E-state index in [-0.39, 0.29) is 0 Å². The minimum absolute atomic E-state index is 0.389. The smallest absolute Gasteiger partial charge is 0.407 e. The maximum absolute atomic E-state index is 11.5. The minimum atomic E-state index is -0.497. The zero-order chi connectivity index (χ0) is 31.8. The molecule has 0 spiro atoms. The third-order valence-electron chi connectivity index (χ3n) is 4.99. The fraction of sp³-hybridized carbons (Fsp3) is 0.483. The Hall–Kier alpha value is -4.13. The zero-order valence-corrected chi connectivity index (χ0v) is 26.5. The van der Waals surface area contributed by atoms with Gasteiger partial charge in [-0.2, -0.15) is 0 Å². The number of carbonyl (C=O) groups is 3. The van der Waals surface area contributed by atoms with Gasteiger partial charge in [0, 0.05) is 45.7 Å². The largest absolute Gasteiger partial charge is 0.444 e. The first-order valence-corrected chi connectivity index (χ1v) is 14.5. The summed E-state index contributed by atoms with van der Waals surface area (Å²) < 4.78 is 5.13. The van der Waals surface area contributed by atoms with Gasteiger partial charge in [-0.05, 0) is 70.2 Å². The molecule has 0 saturated carbocycles. The Kier molecular flexibility index (Phi) is 20.3. The molecule has 42 heavy (non-hydrogen) atoms. The van der Waals surface area contributed by atoms with E-state index in [1.807, 2.05) is 65.1 Å². The molecular formula is C29H48N8O4S. The molecule has 1 heterocycles. The molecule has 1 aromatic heterocycles. The molecule has 234 valence electrons. The third kappa shape index (κ3) is 20.7. The molecule has 2 rings (SSSR count). The number of aldehydes is 1. The molecule has 1 aromatic carbocycles. The van der Waals surface area contributed by atoms with Crippen LogP contribution in [0.15, 0.2) is 47.9 Å². The Morgan fingerprint density at radius 1 is 1.07 bits per heavy atom. The van der Waals surface area contributed by atoms with Crippen molar-refractivity contribution in [3.05, 3.63) is 64.1 Å². The highest BCUT2D eigenvalue weighted by Crippen LogP contribution is 2.17. The highest BCUT2D eigenvalue weighted by Gasteiger charge is 2.15. The van der Waals surface area contributed by atoms with E-state index in [1.165, 1.54) is 0 Å². The van der Waals surface area contributed by atoms with Crippen molar-refractivity contribution in [1.82, 2.24) is 26.1 Å². The monoisotopic (exact) mass is 604 g/mol. The van der Waals surface area contributed by atoms with Crippen LogP contribution in [0.5, 0.6) is 0 Å². The van der Waals surface area contributed by atoms with Crippen molar-refractivity contribution < 1.29 is 19.1 Å². The number of aromatic nitrogens is 2. The van der Waals surface area contributed by atoms with Gasteiger partial charge < -0.3 is 42.3 Å². The number of rotatable bonds is 14. The van der Waals surface area contributed by atoms with Crippen molar-refractivity contribution in [1.29, 1.82) is 0 Å². The van der Waals surface area contributed by atoms with Crippen molar-refractivity contribution in [3.8, 4) is 0 Å². The van der Waals surface area contributed by atoms with E-state index in [0.29, 0.717) is 25.2 Å². The number of allylic oxidation sites excluding steroid dienone is 3. The molecule has 0 aliphatic carbocycles. The van der Waals surface area contributed by atoms with Crippen LogP contribution in [0, 0.1) is 0 Å². The van der Waals surface area contributed by atoms with E-state index in [2.05, 4.69) is 31.5 Å². The predicted molar refractivity (Wildman–Crippen MR) is 170 cm³/mol. The quantitative estimate of drug-likeness (QED) is 0.106. The predicted octanol–water partition coefficient (Wildman–Crippen LogP) is 3.36. The molecule has 0 saturated heterocycles. The number of benzene rings is 1. The van der Waals surface area contributed by atoms with E-state index in [9.17, 15) is 14.4 Å². The summed E-state index contributed by atoms with van der Waals surface area (Å²) in [6, 6.07) is 7.54. The van der Waals surface area contributed by atoms with Gasteiger partial charge in [-0.25, -0.2) is 4.79 Å². The lowest BCUT2D eigenvalue weighted by atomic mass is 10.1. The lowest BCUT2D eigenvalue weighted by Gasteiger charge is -2.19. The number of nitrogens with zero attached hydrogens (tertiary/aromatic N) is 2. The van der Waals surface area contributed by atoms with Crippen molar-refractivity contribution >= 4 is 35.3 Å². The number of carbonyl (C=O) groups excluding carboxylic acids is 3. The number of alkyl carbamates (subject to hydrolysis) is 1. The standard InChI is InChI=1S/C14H19NO3.C12H22N6S.C3H7NO/c1-14(2,3)18-13(17)15-10-12-6-4-5-11(9-12)7-8-16;1-15-10(14)8-7-9(13)5-3-4-6-11-17-18-12(16-2)19-11;1-2-4-3-5/h4-6,8-9H,7,10H2,1-3H3,(H,15,17);7-8,15H,3-6,13-14H2,1-2H3,(H,16,18);3H,2H2,1H3,(H,4,5)/b;9-7-,10-8+;. The van der Waals surface area contributed by atoms with Crippen LogP contribution in [0.3, 0.4) is 0 Å². The number of amides is 2. The lowest BCUT2D eigenvalue weighted by molar-refractivity contribution is -0.109. The molecule has 2 amide bonds. The number of unbranched alkanes of at least 4 members (excludes halogenated alkanes) is 1. The zero-order valence-electron chi connectivity index (χ0n) is 25.7. The van der Waals surface area contributed by atoms with Gasteiger partial charge in [0.05, 0.1) is 5.82 Å². The van der Waals surface area contributed by atoms with E-state index in [1.54, 1.807) is 24.5 Å². The Bertz CT molecular complexity index is 1110. The van der Waals surface area contributed by atoms with Crippen LogP contribution in [-0.2, 0) is 33.7 Å². The number of hydrogen-bond donors (Lipinski definition) is 6. The van der Waals surface area contributed by atoms with Gasteiger partial charge in [0.25, 0.3) is 0 Å². The van der Waals surface area contributed by atoms with Gasteiger partial charge in [-0.3, -0.25) is 4.79 Å². The molecule has 13 heteroatoms. The minimum Gasteiger partial charge on any atom is -0.444 e. The van der Waals surface area contributed by atoms with Crippen molar-refractivity contribution in [2.45, 2.75) is 71.9 Å². The van der Waals surface area contributed by atoms with Crippen LogP contribution in [0.25, 0.3) is 0 Å². The summed E-state index contributed by atoms with van der Waals surface area (Å²) in [5.74, 6) is 0.608. The second-order valence-electron chi connectivity index (χ2n) is 9.79. The first-order valence-electron chi connectivity index (χ1n) is 13.7. The number of nitrogens with one attached hydrogen (secondary N) is 4. The van der Waals surface area contributed by atoms with Crippen LogP contribution in [-0.4, -0.2) is 55.2 Å². The van der Waals surface area contributed by atoms with E-state index < -0.39 is 11.7 Å². The van der Waals surface area contributed by atoms with Crippen LogP contribution >= 0.6 is 11.3 Å². The number of hydrogen-bond acceptors (Lipinski definition) is 11. The van der Waals surface area contributed by atoms with Gasteiger partial charge >= 0.3 is 6.09 Å². The van der Waals surface area contributed by atoms with Crippen molar-refractivity contribution in [3.63, 3.8) is 0 Å². The fourth-order valence-electron chi connectivity index (χ4n) is 2.96. The molecule has 2 aromatic rings. The van der Waals surface area contributed by atoms with Crippen molar-refractivity contribution in [2.75, 3.05) is 26.0 Å². The topological polar surface area (TPSA) is 186 Å². The molecule has 0 atom stereocenters. The Labute approximate surface area is 253 Å². The van der Waals surface area contributed by atoms with E-state index in [0.717, 1.165) is 65.5 Å². The first kappa shape index (κ1) is 37.9. The van der Waals surface area contributed by atoms with Gasteiger partial charge in [-0.1, -0.05) is 35.6 Å². The number of ether oxygens (including phenoxy) is 1. The summed E-state index contributed by atoms with van der Waals surface area (Å²) in [5, 5.41) is 20.9. The Morgan fingerprint density at radius 3 is 2.33 bits per heavy atom. The lowest BCUT2D eigenvalue weighted by Crippen LogP contribution is -2.32. The molecule has 0 bridgehead atoms. The maximum atomic E-state index is 11.5. The van der Waals surface area contributed by atoms with E-state index >= 15 is 0 Å². The maximum Gasteiger partial charge on any atom is 0.407 e. The third-order valence-corrected chi connectivity index (χ3v) is 5.99. The SMILES string of the molecule is CC(C)(C)OC(=O)NCc1cccc(CC=O)c1.CCNC=O.CN/C(N)=C/C=C(\N)CCCCc1nnc(NC)s1. The van der Waals surface area contributed by atoms with Gasteiger partial charge in [0.15, 0.2) is 0 Å². The van der Waals surface area contributed by atoms with Gasteiger partial charge in [-0.15, -0.1) is 10.2 Å². The Balaban J connectivity index is 0.000000691. The average molecular weight is 605 g/mol. The van der Waals surface area contributed by atoms with Crippen molar-refractivity contribution in [2.24, 2.45) is 11.5 Å². The van der Waals surface area contributed by atoms with Gasteiger partial charge in [0.2, 0.25) is 11.5 Å². The van der Waals surface area contributed by atoms with Crippen LogP contribution in [0.4, 0.5) is 9.93 Å². The fourth-order valence-corrected chi connectivity index (χ4v) is 3.69. The molecule has 0 aliphatic rings. The summed E-state index contributed by atoms with van der Waals surface area (Å²) in [7, 11) is 3.62. The molecule has 0 unspecified atom stereocenters. The molecular weight excluding hydrogens is 556 g/mol. The normalized spacial score (nSPS) is 11.1. The molecule has 12 nitrogen and oxygen atoms in total. The first-order chi connectivity index (χ1) is 20.0. The summed E-state index contributed by atoms with van der Waals surface area (Å²) in [5.41, 5.74) is 13.7. The number of aryl methyl sites for hydroxylation is 1. The summed E-state index contributed by atoms with van der Waals surface area (Å²) in [4.78, 5) is 31.2. The molecule has 0 fully saturated rings. The van der Waals surface area contributed by atoms with Crippen LogP contribution in [0.1, 0.15) is 63.1 Å². The van der Waals surface area contributed by atoms with Crippen LogP contribution < -0.4 is 32.7 Å². The molecule has 0 radical (unpaired) electrons. The van der Waals surface area contributed by atoms with E-state index in [4.69, 9.17) is 16.2 Å². The molecule has 8 N–H and O–H groups in total. The molecule has 0 aliphatic heterocycles. The summed E-state index contributed by atoms with van der Waals surface area (Å²) in [6.45, 7) is 8.44. The highest BCUT2D eigenvalue weighted by atomic mass is 32.1. The number of anilines is 1. The second kappa shape index (κ2) is 22.5. The summed E-state index contributed by atoms with van der Waals surface area (Å²) in [6.07, 6.45) is 9.01. The number of nitrogens with two attached hydrogens (primary N) is 2. The Morgan fingerprint density at radius 2 is 1.79 bits per heavy atom. The average Bonchev–Trinajstić information content (AvgIpc) is 3.42. The van der Waals surface area contributed by atoms with Gasteiger partial charge in [0.1, 0.15) is 16.9 Å². The van der Waals surface area contributed by atoms with Crippen LogP contribution in [0.2, 0.25) is 0 Å². The second-order valence-corrected chi connectivity index (χ2v) is 10.9.